The van der Waals surface area contributed by atoms with Gasteiger partial charge in [-0.25, -0.2) is 4.68 Å². The minimum absolute atomic E-state index is 0.130. The average molecular weight is 193 g/mol. The predicted octanol–water partition coefficient (Wildman–Crippen LogP) is 1.01. The van der Waals surface area contributed by atoms with E-state index < -0.39 is 0 Å². The summed E-state index contributed by atoms with van der Waals surface area (Å²) in [7, 11) is 0. The van der Waals surface area contributed by atoms with Crippen molar-refractivity contribution in [1.29, 1.82) is 0 Å². The minimum Gasteiger partial charge on any atom is -0.326 e. The van der Waals surface area contributed by atoms with Crippen molar-refractivity contribution >= 4 is 5.91 Å². The lowest BCUT2D eigenvalue weighted by atomic mass is 10.2. The van der Waals surface area contributed by atoms with Gasteiger partial charge in [-0.3, -0.25) is 4.79 Å². The summed E-state index contributed by atoms with van der Waals surface area (Å²) < 4.78 is 1.52. The second-order valence-electron chi connectivity index (χ2n) is 3.88. The van der Waals surface area contributed by atoms with Gasteiger partial charge in [0.05, 0.1) is 5.69 Å². The summed E-state index contributed by atoms with van der Waals surface area (Å²) in [5.41, 5.74) is 8.37. The normalized spacial score (nSPS) is 15.9. The van der Waals surface area contributed by atoms with Gasteiger partial charge in [0.2, 0.25) is 5.91 Å². The predicted molar refractivity (Wildman–Crippen MR) is 52.9 cm³/mol. The van der Waals surface area contributed by atoms with Gasteiger partial charge in [-0.2, -0.15) is 5.10 Å². The Morgan fingerprint density at radius 2 is 2.21 bits per heavy atom. The van der Waals surface area contributed by atoms with E-state index in [1.807, 2.05) is 13.8 Å². The van der Waals surface area contributed by atoms with Gasteiger partial charge in [0.15, 0.2) is 0 Å². The van der Waals surface area contributed by atoms with E-state index in [9.17, 15) is 4.79 Å². The minimum atomic E-state index is 0.130. The standard InChI is InChI=1S/C10H15N3O/c1-6-9(5-11)7(2)13(12-6)10(14)8-3-4-8/h8H,3-5,11H2,1-2H3. The molecule has 0 unspecified atom stereocenters. The average Bonchev–Trinajstić information content (AvgIpc) is 2.93. The first-order chi connectivity index (χ1) is 6.65. The van der Waals surface area contributed by atoms with E-state index in [1.54, 1.807) is 0 Å². The van der Waals surface area contributed by atoms with Crippen molar-refractivity contribution in [3.05, 3.63) is 17.0 Å². The lowest BCUT2D eigenvalue weighted by Crippen LogP contribution is -2.16. The van der Waals surface area contributed by atoms with Gasteiger partial charge in [-0.1, -0.05) is 0 Å². The van der Waals surface area contributed by atoms with Crippen molar-refractivity contribution in [2.75, 3.05) is 0 Å². The Morgan fingerprint density at radius 1 is 1.57 bits per heavy atom. The highest BCUT2D eigenvalue weighted by molar-refractivity contribution is 5.83. The molecule has 1 aliphatic rings. The fourth-order valence-electron chi connectivity index (χ4n) is 1.69. The number of rotatable bonds is 2. The molecule has 1 saturated carbocycles. The molecule has 1 fully saturated rings. The summed E-state index contributed by atoms with van der Waals surface area (Å²) in [5.74, 6) is 0.337. The van der Waals surface area contributed by atoms with Crippen LogP contribution in [0.3, 0.4) is 0 Å². The molecule has 0 atom stereocenters. The first-order valence-corrected chi connectivity index (χ1v) is 4.94. The highest BCUT2D eigenvalue weighted by Crippen LogP contribution is 2.31. The maximum atomic E-state index is 11.8. The van der Waals surface area contributed by atoms with Crippen LogP contribution in [-0.2, 0) is 6.54 Å². The zero-order valence-electron chi connectivity index (χ0n) is 8.58. The largest absolute Gasteiger partial charge is 0.326 e. The van der Waals surface area contributed by atoms with Crippen LogP contribution < -0.4 is 5.73 Å². The molecule has 1 aromatic rings. The van der Waals surface area contributed by atoms with Crippen molar-refractivity contribution < 1.29 is 4.79 Å². The number of nitrogens with zero attached hydrogens (tertiary/aromatic N) is 2. The third kappa shape index (κ3) is 1.35. The summed E-state index contributed by atoms with van der Waals surface area (Å²) in [5, 5.41) is 4.23. The second kappa shape index (κ2) is 3.20. The number of aryl methyl sites for hydroxylation is 1. The Kier molecular flexibility index (Phi) is 2.15. The number of hydrogen-bond donors (Lipinski definition) is 1. The van der Waals surface area contributed by atoms with Gasteiger partial charge in [-0.15, -0.1) is 0 Å². The van der Waals surface area contributed by atoms with Crippen LogP contribution in [0.15, 0.2) is 0 Å². The Morgan fingerprint density at radius 3 is 2.64 bits per heavy atom. The molecule has 0 radical (unpaired) electrons. The topological polar surface area (TPSA) is 60.9 Å². The SMILES string of the molecule is Cc1nn(C(=O)C2CC2)c(C)c1CN. The molecule has 1 heterocycles. The van der Waals surface area contributed by atoms with Gasteiger partial charge < -0.3 is 5.73 Å². The second-order valence-corrected chi connectivity index (χ2v) is 3.88. The molecular weight excluding hydrogens is 178 g/mol. The Balaban J connectivity index is 2.38. The van der Waals surface area contributed by atoms with Crippen molar-refractivity contribution in [3.8, 4) is 0 Å². The molecule has 0 spiro atoms. The molecule has 4 heteroatoms. The van der Waals surface area contributed by atoms with E-state index in [4.69, 9.17) is 5.73 Å². The van der Waals surface area contributed by atoms with Crippen LogP contribution in [0.2, 0.25) is 0 Å². The monoisotopic (exact) mass is 193 g/mol. The molecule has 76 valence electrons. The lowest BCUT2D eigenvalue weighted by molar-refractivity contribution is 0.0867. The lowest BCUT2D eigenvalue weighted by Gasteiger charge is -2.01. The number of nitrogens with two attached hydrogens (primary N) is 1. The van der Waals surface area contributed by atoms with E-state index in [2.05, 4.69) is 5.10 Å². The van der Waals surface area contributed by atoms with Gasteiger partial charge in [0.1, 0.15) is 0 Å². The quantitative estimate of drug-likeness (QED) is 0.762. The highest BCUT2D eigenvalue weighted by atomic mass is 16.2. The smallest absolute Gasteiger partial charge is 0.250 e. The van der Waals surface area contributed by atoms with E-state index >= 15 is 0 Å². The van der Waals surface area contributed by atoms with Gasteiger partial charge >= 0.3 is 0 Å². The van der Waals surface area contributed by atoms with Crippen molar-refractivity contribution in [3.63, 3.8) is 0 Å². The summed E-state index contributed by atoms with van der Waals surface area (Å²) in [6, 6.07) is 0. The maximum absolute atomic E-state index is 11.8. The zero-order valence-corrected chi connectivity index (χ0v) is 8.58. The van der Waals surface area contributed by atoms with Crippen LogP contribution in [0.25, 0.3) is 0 Å². The first-order valence-electron chi connectivity index (χ1n) is 4.94. The van der Waals surface area contributed by atoms with Crippen molar-refractivity contribution in [2.45, 2.75) is 33.2 Å². The van der Waals surface area contributed by atoms with Crippen LogP contribution in [0.5, 0.6) is 0 Å². The summed E-state index contributed by atoms with van der Waals surface area (Å²) in [4.78, 5) is 11.8. The zero-order chi connectivity index (χ0) is 10.3. The molecule has 0 aliphatic heterocycles. The molecule has 2 rings (SSSR count). The molecule has 0 bridgehead atoms. The first kappa shape index (κ1) is 9.40. The third-order valence-corrected chi connectivity index (χ3v) is 2.78. The molecule has 0 saturated heterocycles. The highest BCUT2D eigenvalue weighted by Gasteiger charge is 2.32. The van der Waals surface area contributed by atoms with Crippen LogP contribution in [-0.4, -0.2) is 15.7 Å². The van der Waals surface area contributed by atoms with Gasteiger partial charge in [0, 0.05) is 23.7 Å². The van der Waals surface area contributed by atoms with E-state index in [0.29, 0.717) is 6.54 Å². The van der Waals surface area contributed by atoms with Crippen LogP contribution in [0.4, 0.5) is 0 Å². The van der Waals surface area contributed by atoms with E-state index in [-0.39, 0.29) is 11.8 Å². The number of aromatic nitrogens is 2. The molecule has 14 heavy (non-hydrogen) atoms. The van der Waals surface area contributed by atoms with Gasteiger partial charge in [0.25, 0.3) is 0 Å². The summed E-state index contributed by atoms with van der Waals surface area (Å²) >= 11 is 0. The molecule has 2 N–H and O–H groups in total. The third-order valence-electron chi connectivity index (χ3n) is 2.78. The fourth-order valence-corrected chi connectivity index (χ4v) is 1.69. The molecule has 1 aliphatic carbocycles. The van der Waals surface area contributed by atoms with Gasteiger partial charge in [-0.05, 0) is 26.7 Å². The number of carbonyl (C=O) groups is 1. The Bertz CT molecular complexity index is 377. The molecular formula is C10H15N3O. The molecule has 1 aromatic heterocycles. The van der Waals surface area contributed by atoms with Crippen molar-refractivity contribution in [2.24, 2.45) is 11.7 Å². The van der Waals surface area contributed by atoms with Crippen LogP contribution >= 0.6 is 0 Å². The van der Waals surface area contributed by atoms with Crippen LogP contribution in [0, 0.1) is 19.8 Å². The maximum Gasteiger partial charge on any atom is 0.250 e. The molecule has 0 amide bonds. The number of carbonyl (C=O) groups excluding carboxylic acids is 1. The molecule has 0 aromatic carbocycles. The summed E-state index contributed by atoms with van der Waals surface area (Å²) in [6.45, 7) is 4.25. The van der Waals surface area contributed by atoms with E-state index in [0.717, 1.165) is 29.8 Å². The fraction of sp³-hybridized carbons (Fsp3) is 0.600. The van der Waals surface area contributed by atoms with Crippen molar-refractivity contribution in [1.82, 2.24) is 9.78 Å². The Hall–Kier alpha value is -1.16. The molecule has 4 nitrogen and oxygen atoms in total. The number of hydrogen-bond acceptors (Lipinski definition) is 3. The summed E-state index contributed by atoms with van der Waals surface area (Å²) in [6.07, 6.45) is 2.02. The Labute approximate surface area is 83.1 Å². The van der Waals surface area contributed by atoms with E-state index in [1.165, 1.54) is 4.68 Å². The van der Waals surface area contributed by atoms with Crippen LogP contribution in [0.1, 0.15) is 34.6 Å².